The fraction of sp³-hybridized carbons (Fsp3) is 0.395. The molecule has 46 heavy (non-hydrogen) atoms. The molecule has 0 aromatic heterocycles. The Hall–Kier alpha value is -4.30. The highest BCUT2D eigenvalue weighted by Gasteiger charge is 2.31. The smallest absolute Gasteiger partial charge is 0.258 e. The topological polar surface area (TPSA) is 73.0 Å². The van der Waals surface area contributed by atoms with Gasteiger partial charge in [0, 0.05) is 49.1 Å². The van der Waals surface area contributed by atoms with Gasteiger partial charge in [-0.2, -0.15) is 0 Å². The van der Waals surface area contributed by atoms with Gasteiger partial charge in [-0.25, -0.2) is 4.39 Å². The number of carbonyl (C=O) groups excluding carboxylic acids is 3. The molecule has 240 valence electrons. The molecule has 3 aliphatic rings. The Bertz CT molecular complexity index is 1670. The molecule has 0 unspecified atom stereocenters. The summed E-state index contributed by atoms with van der Waals surface area (Å²) in [6.45, 7) is 8.99. The van der Waals surface area contributed by atoms with Crippen LogP contribution in [0, 0.1) is 19.7 Å². The number of aldehydes is 2. The first kappa shape index (κ1) is 31.7. The summed E-state index contributed by atoms with van der Waals surface area (Å²) >= 11 is 0. The van der Waals surface area contributed by atoms with Crippen LogP contribution in [0.5, 0.6) is 0 Å². The molecule has 1 amide bonds. The van der Waals surface area contributed by atoms with Crippen molar-refractivity contribution in [1.29, 1.82) is 0 Å². The second kappa shape index (κ2) is 14.0. The van der Waals surface area contributed by atoms with Crippen molar-refractivity contribution in [1.82, 2.24) is 9.80 Å². The van der Waals surface area contributed by atoms with E-state index in [9.17, 15) is 14.4 Å². The van der Waals surface area contributed by atoms with Crippen molar-refractivity contribution in [3.8, 4) is 11.1 Å². The monoisotopic (exact) mass is 622 g/mol. The molecule has 0 saturated carbocycles. The molecule has 3 aliphatic heterocycles. The Morgan fingerprint density at radius 1 is 0.913 bits per heavy atom. The van der Waals surface area contributed by atoms with E-state index in [2.05, 4.69) is 16.3 Å². The molecule has 8 heteroatoms. The third kappa shape index (κ3) is 6.36. The average molecular weight is 623 g/mol. The maximum absolute atomic E-state index is 15.8. The summed E-state index contributed by atoms with van der Waals surface area (Å²) in [7, 11) is 0. The van der Waals surface area contributed by atoms with Gasteiger partial charge in [-0.3, -0.25) is 14.4 Å². The van der Waals surface area contributed by atoms with Gasteiger partial charge in [0.2, 0.25) is 0 Å². The first-order chi connectivity index (χ1) is 22.4. The summed E-state index contributed by atoms with van der Waals surface area (Å²) in [4.78, 5) is 44.1. The van der Waals surface area contributed by atoms with Crippen LogP contribution in [-0.2, 0) is 16.0 Å². The van der Waals surface area contributed by atoms with Crippen LogP contribution in [0.1, 0.15) is 71.1 Å². The van der Waals surface area contributed by atoms with Crippen molar-refractivity contribution >= 4 is 35.5 Å². The number of aryl methyl sites for hydroxylation is 2. The number of fused-ring (bicyclic) bond motifs is 2. The summed E-state index contributed by atoms with van der Waals surface area (Å²) in [6, 6.07) is 13.1. The Labute approximate surface area is 271 Å². The van der Waals surface area contributed by atoms with Crippen LogP contribution in [0.2, 0.25) is 0 Å². The molecule has 0 radical (unpaired) electrons. The van der Waals surface area contributed by atoms with Crippen LogP contribution >= 0.6 is 0 Å². The zero-order chi connectivity index (χ0) is 32.2. The lowest BCUT2D eigenvalue weighted by atomic mass is 9.87. The highest BCUT2D eigenvalue weighted by atomic mass is 19.1. The Balaban J connectivity index is 1.44. The highest BCUT2D eigenvalue weighted by Crippen LogP contribution is 2.47. The lowest BCUT2D eigenvalue weighted by molar-refractivity contribution is -0.127. The molecule has 3 aromatic carbocycles. The zero-order valence-corrected chi connectivity index (χ0v) is 26.9. The van der Waals surface area contributed by atoms with Gasteiger partial charge in [0.1, 0.15) is 5.82 Å². The number of halogens is 1. The molecule has 0 bridgehead atoms. The van der Waals surface area contributed by atoms with Crippen LogP contribution in [0.4, 0.5) is 21.5 Å². The average Bonchev–Trinajstić information content (AvgIpc) is 3.61. The van der Waals surface area contributed by atoms with Crippen molar-refractivity contribution in [3.63, 3.8) is 0 Å². The normalized spacial score (nSPS) is 16.6. The van der Waals surface area contributed by atoms with Gasteiger partial charge in [-0.15, -0.1) is 0 Å². The molecule has 3 aromatic rings. The van der Waals surface area contributed by atoms with E-state index in [0.717, 1.165) is 84.4 Å². The van der Waals surface area contributed by atoms with Crippen LogP contribution in [-0.4, -0.2) is 67.5 Å². The number of piperidine rings is 1. The molecule has 1 N–H and O–H groups in total. The fourth-order valence-electron chi connectivity index (χ4n) is 7.31. The van der Waals surface area contributed by atoms with E-state index in [4.69, 9.17) is 0 Å². The summed E-state index contributed by atoms with van der Waals surface area (Å²) in [6.07, 6.45) is 10.1. The van der Waals surface area contributed by atoms with Crippen LogP contribution in [0.25, 0.3) is 11.1 Å². The molecular weight excluding hydrogens is 579 g/mol. The van der Waals surface area contributed by atoms with E-state index in [1.165, 1.54) is 25.3 Å². The number of rotatable bonds is 10. The number of anilines is 3. The molecule has 7 nitrogen and oxygen atoms in total. The number of nitrogens with one attached hydrogen (secondary N) is 1. The molecule has 3 heterocycles. The number of carbonyl (C=O) groups is 3. The number of hydrogen-bond donors (Lipinski definition) is 1. The maximum atomic E-state index is 15.8. The van der Waals surface area contributed by atoms with Gasteiger partial charge in [0.05, 0.1) is 16.9 Å². The largest absolute Gasteiger partial charge is 0.382 e. The Morgan fingerprint density at radius 2 is 1.65 bits per heavy atom. The van der Waals surface area contributed by atoms with Crippen LogP contribution in [0.3, 0.4) is 0 Å². The predicted octanol–water partition coefficient (Wildman–Crippen LogP) is 6.96. The van der Waals surface area contributed by atoms with E-state index >= 15 is 4.39 Å². The minimum Gasteiger partial charge on any atom is -0.382 e. The van der Waals surface area contributed by atoms with E-state index in [0.29, 0.717) is 49.2 Å². The third-order valence-corrected chi connectivity index (χ3v) is 9.65. The fourth-order valence-corrected chi connectivity index (χ4v) is 7.31. The van der Waals surface area contributed by atoms with Gasteiger partial charge >= 0.3 is 0 Å². The number of nitrogens with zero attached hydrogens (tertiary/aromatic N) is 3. The van der Waals surface area contributed by atoms with E-state index in [1.807, 2.05) is 43.0 Å². The maximum Gasteiger partial charge on any atom is 0.258 e. The van der Waals surface area contributed by atoms with E-state index in [1.54, 1.807) is 17.2 Å². The molecule has 2 fully saturated rings. The molecular formula is C38H43FN4O3. The Kier molecular flexibility index (Phi) is 9.64. The van der Waals surface area contributed by atoms with Gasteiger partial charge < -0.3 is 20.0 Å². The number of amides is 1. The lowest BCUT2D eigenvalue weighted by Gasteiger charge is -2.35. The summed E-state index contributed by atoms with van der Waals surface area (Å²) in [5.41, 5.74) is 7.80. The minimum atomic E-state index is -0.307. The van der Waals surface area contributed by atoms with Crippen LogP contribution < -0.4 is 10.2 Å². The minimum absolute atomic E-state index is 0.0517. The molecule has 0 atom stereocenters. The first-order valence-corrected chi connectivity index (χ1v) is 16.6. The summed E-state index contributed by atoms with van der Waals surface area (Å²) < 4.78 is 15.8. The number of hydrogen-bond acceptors (Lipinski definition) is 6. The van der Waals surface area contributed by atoms with Crippen molar-refractivity contribution in [3.05, 3.63) is 87.9 Å². The lowest BCUT2D eigenvalue weighted by Crippen LogP contribution is -2.31. The van der Waals surface area contributed by atoms with Crippen molar-refractivity contribution in [2.75, 3.05) is 49.5 Å². The second-order valence-corrected chi connectivity index (χ2v) is 12.8. The summed E-state index contributed by atoms with van der Waals surface area (Å²) in [5.74, 6) is -0.603. The van der Waals surface area contributed by atoms with Crippen LogP contribution in [0.15, 0.2) is 54.2 Å². The van der Waals surface area contributed by atoms with Gasteiger partial charge in [-0.05, 0) is 106 Å². The van der Waals surface area contributed by atoms with Crippen molar-refractivity contribution in [2.24, 2.45) is 0 Å². The van der Waals surface area contributed by atoms with Crippen molar-refractivity contribution in [2.45, 2.75) is 58.8 Å². The SMILES string of the molecule is Cc1cc2c(cc1-c1ccccc1C=O)N(/C=C(\C=O)C(=O)N1CCCC1)c1c(C)cc(F)c(NCCCN3CCCCC3)c1C2. The number of likely N-dealkylation sites (tertiary alicyclic amines) is 2. The Morgan fingerprint density at radius 3 is 2.39 bits per heavy atom. The summed E-state index contributed by atoms with van der Waals surface area (Å²) in [5, 5.41) is 3.43. The molecule has 0 spiro atoms. The molecule has 0 aliphatic carbocycles. The standard InChI is InChI=1S/C38H43FN4O3/c1-26-19-29-21-33-36(40-13-10-16-41-14-6-3-7-15-41)34(39)20-27(2)37(33)43(23-30(25-45)38(46)42-17-8-9-18-42)35(29)22-32(26)31-12-5-4-11-28(31)24-44/h4-5,11-12,19-20,22-25,40H,3,6-10,13-18,21H2,1-2H3/b30-23+. The third-order valence-electron chi connectivity index (χ3n) is 9.65. The van der Waals surface area contributed by atoms with E-state index in [-0.39, 0.29) is 17.3 Å². The first-order valence-electron chi connectivity index (χ1n) is 16.6. The van der Waals surface area contributed by atoms with E-state index < -0.39 is 0 Å². The quantitative estimate of drug-likeness (QED) is 0.0867. The predicted molar refractivity (Wildman–Crippen MR) is 181 cm³/mol. The molecule has 6 rings (SSSR count). The van der Waals surface area contributed by atoms with Gasteiger partial charge in [0.15, 0.2) is 12.6 Å². The molecule has 2 saturated heterocycles. The second-order valence-electron chi connectivity index (χ2n) is 12.8. The zero-order valence-electron chi connectivity index (χ0n) is 26.9. The van der Waals surface area contributed by atoms with Crippen molar-refractivity contribution < 1.29 is 18.8 Å². The van der Waals surface area contributed by atoms with Gasteiger partial charge in [0.25, 0.3) is 5.91 Å². The number of benzene rings is 3. The highest BCUT2D eigenvalue weighted by molar-refractivity contribution is 6.11. The van der Waals surface area contributed by atoms with Gasteiger partial charge in [-0.1, -0.05) is 36.8 Å².